The van der Waals surface area contributed by atoms with Crippen molar-refractivity contribution in [2.45, 2.75) is 0 Å². The second-order valence-electron chi connectivity index (χ2n) is 6.25. The van der Waals surface area contributed by atoms with Crippen LogP contribution in [0.2, 0.25) is 0 Å². The van der Waals surface area contributed by atoms with Crippen LogP contribution in [-0.4, -0.2) is 35.5 Å². The number of nitro benzene ring substituents is 1. The number of aliphatic carboxylic acids is 1. The Bertz CT molecular complexity index is 1140. The van der Waals surface area contributed by atoms with E-state index in [2.05, 4.69) is 0 Å². The normalized spacial score (nSPS) is 10.7. The number of furan rings is 1. The average molecular weight is 423 g/mol. The second-order valence-corrected chi connectivity index (χ2v) is 6.25. The van der Waals surface area contributed by atoms with Crippen molar-refractivity contribution in [2.24, 2.45) is 0 Å². The highest BCUT2D eigenvalue weighted by atomic mass is 16.6. The quantitative estimate of drug-likeness (QED) is 0.234. The summed E-state index contributed by atoms with van der Waals surface area (Å²) >= 11 is 0. The van der Waals surface area contributed by atoms with Crippen LogP contribution in [0.5, 0.6) is 11.5 Å². The Morgan fingerprint density at radius 1 is 1.10 bits per heavy atom. The molecule has 0 saturated carbocycles. The van der Waals surface area contributed by atoms with Crippen LogP contribution >= 0.6 is 0 Å². The predicted octanol–water partition coefficient (Wildman–Crippen LogP) is 4.22. The minimum absolute atomic E-state index is 0.0178. The molecule has 0 spiro atoms. The van der Waals surface area contributed by atoms with Gasteiger partial charge >= 0.3 is 5.97 Å². The fourth-order valence-corrected chi connectivity index (χ4v) is 2.68. The standard InChI is InChI=1S/C22H17NO8/c1-29-21-12-15(4-10-20(21)30-13-22(25)26)18(24)9-7-17-8-11-19(31-17)14-2-5-16(6-3-14)23(27)28/h2-12H,13H2,1H3,(H,25,26)/b9-7+. The lowest BCUT2D eigenvalue weighted by Gasteiger charge is -2.09. The maximum absolute atomic E-state index is 12.5. The number of hydrogen-bond acceptors (Lipinski definition) is 7. The first-order valence-electron chi connectivity index (χ1n) is 8.97. The third-order valence-electron chi connectivity index (χ3n) is 4.19. The number of carbonyl (C=O) groups excluding carboxylic acids is 1. The lowest BCUT2D eigenvalue weighted by Crippen LogP contribution is -2.10. The Hall–Kier alpha value is -4.40. The van der Waals surface area contributed by atoms with Crippen molar-refractivity contribution in [1.29, 1.82) is 0 Å². The molecular weight excluding hydrogens is 406 g/mol. The third kappa shape index (κ3) is 5.36. The van der Waals surface area contributed by atoms with Gasteiger partial charge in [0.1, 0.15) is 11.5 Å². The molecule has 0 aliphatic carbocycles. The maximum Gasteiger partial charge on any atom is 0.341 e. The van der Waals surface area contributed by atoms with E-state index in [1.54, 1.807) is 24.3 Å². The summed E-state index contributed by atoms with van der Waals surface area (Å²) in [6.45, 7) is -0.529. The van der Waals surface area contributed by atoms with Crippen LogP contribution in [0.3, 0.4) is 0 Å². The van der Waals surface area contributed by atoms with Crippen LogP contribution in [-0.2, 0) is 4.79 Å². The van der Waals surface area contributed by atoms with Crippen molar-refractivity contribution in [3.63, 3.8) is 0 Å². The number of ether oxygens (including phenoxy) is 2. The molecule has 1 heterocycles. The Morgan fingerprint density at radius 3 is 2.48 bits per heavy atom. The van der Waals surface area contributed by atoms with Crippen molar-refractivity contribution in [3.8, 4) is 22.8 Å². The number of benzene rings is 2. The van der Waals surface area contributed by atoms with Gasteiger partial charge in [-0.2, -0.15) is 0 Å². The van der Waals surface area contributed by atoms with Crippen LogP contribution in [0.25, 0.3) is 17.4 Å². The van der Waals surface area contributed by atoms with E-state index in [0.29, 0.717) is 22.6 Å². The topological polar surface area (TPSA) is 129 Å². The average Bonchev–Trinajstić information content (AvgIpc) is 3.25. The van der Waals surface area contributed by atoms with Gasteiger partial charge in [0.15, 0.2) is 23.9 Å². The highest BCUT2D eigenvalue weighted by molar-refractivity contribution is 6.07. The number of carbonyl (C=O) groups is 2. The molecule has 0 amide bonds. The molecule has 0 saturated heterocycles. The van der Waals surface area contributed by atoms with Crippen LogP contribution in [0.15, 0.2) is 65.1 Å². The number of nitrogens with zero attached hydrogens (tertiary/aromatic N) is 1. The number of carboxylic acids is 1. The highest BCUT2D eigenvalue weighted by Gasteiger charge is 2.12. The summed E-state index contributed by atoms with van der Waals surface area (Å²) in [4.78, 5) is 33.4. The largest absolute Gasteiger partial charge is 0.493 e. The second kappa shape index (κ2) is 9.40. The molecule has 1 N–H and O–H groups in total. The summed E-state index contributed by atoms with van der Waals surface area (Å²) in [6, 6.07) is 13.7. The van der Waals surface area contributed by atoms with Crippen LogP contribution in [0.1, 0.15) is 16.1 Å². The molecule has 1 aromatic heterocycles. The number of ketones is 1. The molecule has 0 aliphatic heterocycles. The molecule has 0 aliphatic rings. The molecule has 2 aromatic carbocycles. The number of hydrogen-bond donors (Lipinski definition) is 1. The van der Waals surface area contributed by atoms with E-state index in [4.69, 9.17) is 19.0 Å². The van der Waals surface area contributed by atoms with Crippen molar-refractivity contribution in [2.75, 3.05) is 13.7 Å². The molecule has 3 rings (SSSR count). The summed E-state index contributed by atoms with van der Waals surface area (Å²) in [7, 11) is 1.38. The zero-order chi connectivity index (χ0) is 22.4. The predicted molar refractivity (Wildman–Crippen MR) is 110 cm³/mol. The smallest absolute Gasteiger partial charge is 0.341 e. The van der Waals surface area contributed by atoms with E-state index < -0.39 is 17.5 Å². The summed E-state index contributed by atoms with van der Waals surface area (Å²) < 4.78 is 15.9. The zero-order valence-electron chi connectivity index (χ0n) is 16.3. The van der Waals surface area contributed by atoms with Crippen molar-refractivity contribution in [1.82, 2.24) is 0 Å². The molecule has 9 nitrogen and oxygen atoms in total. The summed E-state index contributed by atoms with van der Waals surface area (Å²) in [5, 5.41) is 19.4. The van der Waals surface area contributed by atoms with Gasteiger partial charge in [0.2, 0.25) is 0 Å². The number of allylic oxidation sites excluding steroid dienone is 1. The van der Waals surface area contributed by atoms with E-state index in [0.717, 1.165) is 0 Å². The summed E-state index contributed by atoms with van der Waals surface area (Å²) in [5.41, 5.74) is 0.965. The Labute approximate surface area is 176 Å². The fraction of sp³-hybridized carbons (Fsp3) is 0.0909. The van der Waals surface area contributed by atoms with Crippen LogP contribution < -0.4 is 9.47 Å². The van der Waals surface area contributed by atoms with Crippen molar-refractivity contribution >= 4 is 23.5 Å². The van der Waals surface area contributed by atoms with Crippen LogP contribution in [0.4, 0.5) is 5.69 Å². The lowest BCUT2D eigenvalue weighted by molar-refractivity contribution is -0.384. The number of rotatable bonds is 9. The van der Waals surface area contributed by atoms with Gasteiger partial charge < -0.3 is 19.0 Å². The minimum Gasteiger partial charge on any atom is -0.493 e. The van der Waals surface area contributed by atoms with Crippen molar-refractivity contribution in [3.05, 3.63) is 82.1 Å². The molecule has 31 heavy (non-hydrogen) atoms. The number of methoxy groups -OCH3 is 1. The fourth-order valence-electron chi connectivity index (χ4n) is 2.68. The monoisotopic (exact) mass is 423 g/mol. The zero-order valence-corrected chi connectivity index (χ0v) is 16.3. The number of nitro groups is 1. The Kier molecular flexibility index (Phi) is 6.46. The van der Waals surface area contributed by atoms with E-state index >= 15 is 0 Å². The third-order valence-corrected chi connectivity index (χ3v) is 4.19. The van der Waals surface area contributed by atoms with Crippen LogP contribution in [0, 0.1) is 10.1 Å². The molecule has 158 valence electrons. The highest BCUT2D eigenvalue weighted by Crippen LogP contribution is 2.29. The lowest BCUT2D eigenvalue weighted by atomic mass is 10.1. The van der Waals surface area contributed by atoms with Gasteiger partial charge in [-0.25, -0.2) is 4.79 Å². The van der Waals surface area contributed by atoms with Crippen molar-refractivity contribution < 1.29 is 33.5 Å². The maximum atomic E-state index is 12.5. The van der Waals surface area contributed by atoms with E-state index in [-0.39, 0.29) is 23.0 Å². The van der Waals surface area contributed by atoms with Gasteiger partial charge in [-0.05, 0) is 54.6 Å². The number of carboxylic acid groups (broad SMARTS) is 1. The van der Waals surface area contributed by atoms with Gasteiger partial charge in [0.05, 0.1) is 12.0 Å². The minimum atomic E-state index is -1.13. The number of non-ortho nitro benzene ring substituents is 1. The SMILES string of the molecule is COc1cc(C(=O)/C=C/c2ccc(-c3ccc([N+](=O)[O-])cc3)o2)ccc1OCC(=O)O. The first-order valence-corrected chi connectivity index (χ1v) is 8.97. The first kappa shape index (κ1) is 21.3. The van der Waals surface area contributed by atoms with Gasteiger partial charge in [0, 0.05) is 23.3 Å². The molecule has 0 bridgehead atoms. The Morgan fingerprint density at radius 2 is 1.84 bits per heavy atom. The van der Waals surface area contributed by atoms with Gasteiger partial charge in [0.25, 0.3) is 5.69 Å². The molecule has 0 radical (unpaired) electrons. The summed E-state index contributed by atoms with van der Waals surface area (Å²) in [5.74, 6) is -0.0742. The molecule has 0 atom stereocenters. The van der Waals surface area contributed by atoms with E-state index in [1.165, 1.54) is 49.6 Å². The Balaban J connectivity index is 1.71. The van der Waals surface area contributed by atoms with Gasteiger partial charge in [-0.15, -0.1) is 0 Å². The van der Waals surface area contributed by atoms with E-state index in [1.807, 2.05) is 0 Å². The molecular formula is C22H17NO8. The molecule has 3 aromatic rings. The molecule has 9 heteroatoms. The van der Waals surface area contributed by atoms with Gasteiger partial charge in [-0.3, -0.25) is 14.9 Å². The van der Waals surface area contributed by atoms with Gasteiger partial charge in [-0.1, -0.05) is 0 Å². The van der Waals surface area contributed by atoms with E-state index in [9.17, 15) is 19.7 Å². The molecule has 0 unspecified atom stereocenters. The molecule has 0 fully saturated rings. The summed E-state index contributed by atoms with van der Waals surface area (Å²) in [6.07, 6.45) is 2.82. The first-order chi connectivity index (χ1) is 14.9.